The van der Waals surface area contributed by atoms with E-state index in [2.05, 4.69) is 25.9 Å². The quantitative estimate of drug-likeness (QED) is 0.828. The van der Waals surface area contributed by atoms with Crippen LogP contribution < -0.4 is 10.6 Å². The van der Waals surface area contributed by atoms with E-state index in [1.165, 1.54) is 6.42 Å². The molecule has 7 nitrogen and oxygen atoms in total. The molecule has 0 aromatic carbocycles. The maximum absolute atomic E-state index is 13.1. The van der Waals surface area contributed by atoms with E-state index in [1.807, 2.05) is 0 Å². The number of halogens is 3. The Morgan fingerprint density at radius 3 is 2.52 bits per heavy atom. The lowest BCUT2D eigenvalue weighted by atomic mass is 9.95. The average molecular weight is 384 g/mol. The predicted molar refractivity (Wildman–Crippen MR) is 93.4 cm³/mol. The molecule has 27 heavy (non-hydrogen) atoms. The van der Waals surface area contributed by atoms with Crippen LogP contribution in [-0.2, 0) is 11.0 Å². The van der Waals surface area contributed by atoms with E-state index in [4.69, 9.17) is 0 Å². The van der Waals surface area contributed by atoms with Crippen molar-refractivity contribution < 1.29 is 18.0 Å². The molecule has 0 saturated heterocycles. The van der Waals surface area contributed by atoms with Gasteiger partial charge in [0.25, 0.3) is 5.82 Å². The fourth-order valence-corrected chi connectivity index (χ4v) is 3.31. The molecular formula is C17H23F3N6O. The van der Waals surface area contributed by atoms with Crippen molar-refractivity contribution in [1.29, 1.82) is 0 Å². The van der Waals surface area contributed by atoms with Crippen LogP contribution in [0.2, 0.25) is 0 Å². The largest absolute Gasteiger partial charge is 0.453 e. The number of anilines is 1. The molecule has 1 saturated carbocycles. The van der Waals surface area contributed by atoms with Crippen molar-refractivity contribution >= 4 is 17.4 Å². The van der Waals surface area contributed by atoms with Crippen molar-refractivity contribution in [2.45, 2.75) is 64.6 Å². The van der Waals surface area contributed by atoms with Crippen molar-refractivity contribution in [1.82, 2.24) is 25.1 Å². The highest BCUT2D eigenvalue weighted by Gasteiger charge is 2.38. The standard InChI is InChI=1S/C17H23F3N6O/c1-10-11(2)15-23-24-16(17(18,19)20)26(15)25-14(10)21-9-8-13(27)22-12-6-4-3-5-7-12/h12H,3-9H2,1-2H3,(H,21,25)(H,22,27). The van der Waals surface area contributed by atoms with Crippen LogP contribution in [0.1, 0.15) is 55.5 Å². The Morgan fingerprint density at radius 2 is 1.85 bits per heavy atom. The van der Waals surface area contributed by atoms with E-state index in [1.54, 1.807) is 13.8 Å². The molecule has 10 heteroatoms. The van der Waals surface area contributed by atoms with Crippen molar-refractivity contribution in [2.75, 3.05) is 11.9 Å². The number of aryl methyl sites for hydroxylation is 1. The third kappa shape index (κ3) is 4.30. The van der Waals surface area contributed by atoms with Crippen LogP contribution in [0, 0.1) is 13.8 Å². The van der Waals surface area contributed by atoms with Gasteiger partial charge in [-0.2, -0.15) is 17.7 Å². The molecule has 2 heterocycles. The van der Waals surface area contributed by atoms with E-state index in [9.17, 15) is 18.0 Å². The van der Waals surface area contributed by atoms with Gasteiger partial charge < -0.3 is 10.6 Å². The number of carbonyl (C=O) groups excluding carboxylic acids is 1. The summed E-state index contributed by atoms with van der Waals surface area (Å²) in [4.78, 5) is 12.1. The van der Waals surface area contributed by atoms with E-state index in [0.29, 0.717) is 15.6 Å². The van der Waals surface area contributed by atoms with Gasteiger partial charge in [-0.25, -0.2) is 0 Å². The zero-order chi connectivity index (χ0) is 19.6. The molecule has 2 aromatic rings. The summed E-state index contributed by atoms with van der Waals surface area (Å²) in [5.74, 6) is -0.945. The number of amides is 1. The van der Waals surface area contributed by atoms with Gasteiger partial charge in [-0.3, -0.25) is 4.79 Å². The van der Waals surface area contributed by atoms with Gasteiger partial charge in [0.05, 0.1) is 0 Å². The molecule has 0 radical (unpaired) electrons. The van der Waals surface area contributed by atoms with Crippen LogP contribution in [0.25, 0.3) is 5.65 Å². The zero-order valence-corrected chi connectivity index (χ0v) is 15.4. The summed E-state index contributed by atoms with van der Waals surface area (Å²) >= 11 is 0. The van der Waals surface area contributed by atoms with Gasteiger partial charge in [-0.15, -0.1) is 15.3 Å². The van der Waals surface area contributed by atoms with Crippen LogP contribution in [0.3, 0.4) is 0 Å². The Balaban J connectivity index is 1.67. The molecule has 0 bridgehead atoms. The lowest BCUT2D eigenvalue weighted by Gasteiger charge is -2.22. The molecule has 0 atom stereocenters. The molecule has 1 aliphatic rings. The second kappa shape index (κ2) is 7.69. The number of rotatable bonds is 5. The minimum atomic E-state index is -4.65. The van der Waals surface area contributed by atoms with E-state index in [-0.39, 0.29) is 36.4 Å². The molecule has 2 aromatic heterocycles. The maximum atomic E-state index is 13.1. The summed E-state index contributed by atoms with van der Waals surface area (Å²) in [6.45, 7) is 3.69. The second-order valence-corrected chi connectivity index (χ2v) is 6.93. The van der Waals surface area contributed by atoms with Gasteiger partial charge in [0, 0.05) is 24.6 Å². The van der Waals surface area contributed by atoms with E-state index < -0.39 is 12.0 Å². The minimum absolute atomic E-state index is 0.0647. The Morgan fingerprint density at radius 1 is 1.15 bits per heavy atom. The average Bonchev–Trinajstić information content (AvgIpc) is 3.04. The number of nitrogens with one attached hydrogen (secondary N) is 2. The topological polar surface area (TPSA) is 84.2 Å². The molecule has 0 unspecified atom stereocenters. The molecule has 1 fully saturated rings. The van der Waals surface area contributed by atoms with Crippen LogP contribution in [0.15, 0.2) is 0 Å². The summed E-state index contributed by atoms with van der Waals surface area (Å²) in [6.07, 6.45) is 1.06. The summed E-state index contributed by atoms with van der Waals surface area (Å²) in [7, 11) is 0. The van der Waals surface area contributed by atoms with Gasteiger partial charge in [-0.05, 0) is 32.3 Å². The number of hydrogen-bond donors (Lipinski definition) is 2. The first-order chi connectivity index (χ1) is 12.8. The summed E-state index contributed by atoms with van der Waals surface area (Å²) < 4.78 is 39.9. The maximum Gasteiger partial charge on any atom is 0.453 e. The summed E-state index contributed by atoms with van der Waals surface area (Å²) in [5, 5.41) is 16.8. The van der Waals surface area contributed by atoms with Gasteiger partial charge in [0.1, 0.15) is 5.82 Å². The Bertz CT molecular complexity index is 826. The summed E-state index contributed by atoms with van der Waals surface area (Å²) in [6, 6.07) is 0.232. The molecular weight excluding hydrogens is 361 g/mol. The Hall–Kier alpha value is -2.39. The van der Waals surface area contributed by atoms with E-state index in [0.717, 1.165) is 25.7 Å². The molecule has 0 aliphatic heterocycles. The molecule has 1 amide bonds. The fourth-order valence-electron chi connectivity index (χ4n) is 3.31. The Labute approximate surface area is 154 Å². The number of aromatic nitrogens is 4. The monoisotopic (exact) mass is 384 g/mol. The first-order valence-corrected chi connectivity index (χ1v) is 9.10. The molecule has 1 aliphatic carbocycles. The highest BCUT2D eigenvalue weighted by Crippen LogP contribution is 2.29. The summed E-state index contributed by atoms with van der Waals surface area (Å²) in [5.41, 5.74) is 1.30. The molecule has 3 rings (SSSR count). The third-order valence-corrected chi connectivity index (χ3v) is 4.96. The Kier molecular flexibility index (Phi) is 5.52. The van der Waals surface area contributed by atoms with Crippen molar-refractivity contribution in [3.8, 4) is 0 Å². The number of nitrogens with zero attached hydrogens (tertiary/aromatic N) is 4. The van der Waals surface area contributed by atoms with Crippen molar-refractivity contribution in [2.24, 2.45) is 0 Å². The zero-order valence-electron chi connectivity index (χ0n) is 15.4. The van der Waals surface area contributed by atoms with Crippen molar-refractivity contribution in [3.05, 3.63) is 17.0 Å². The van der Waals surface area contributed by atoms with E-state index >= 15 is 0 Å². The van der Waals surface area contributed by atoms with Crippen LogP contribution in [-0.4, -0.2) is 38.3 Å². The number of hydrogen-bond acceptors (Lipinski definition) is 5. The second-order valence-electron chi connectivity index (χ2n) is 6.93. The number of fused-ring (bicyclic) bond motifs is 1. The molecule has 0 spiro atoms. The fraction of sp³-hybridized carbons (Fsp3) is 0.647. The van der Waals surface area contributed by atoms with Crippen LogP contribution in [0.4, 0.5) is 19.0 Å². The lowest BCUT2D eigenvalue weighted by molar-refractivity contribution is -0.146. The molecule has 2 N–H and O–H groups in total. The lowest BCUT2D eigenvalue weighted by Crippen LogP contribution is -2.36. The first kappa shape index (κ1) is 19.4. The third-order valence-electron chi connectivity index (χ3n) is 4.96. The highest BCUT2D eigenvalue weighted by molar-refractivity contribution is 5.76. The van der Waals surface area contributed by atoms with Gasteiger partial charge in [0.2, 0.25) is 5.91 Å². The van der Waals surface area contributed by atoms with Crippen LogP contribution in [0.5, 0.6) is 0 Å². The smallest absolute Gasteiger partial charge is 0.368 e. The predicted octanol–water partition coefficient (Wildman–Crippen LogP) is 3.01. The van der Waals surface area contributed by atoms with Gasteiger partial charge in [-0.1, -0.05) is 19.3 Å². The highest BCUT2D eigenvalue weighted by atomic mass is 19.4. The van der Waals surface area contributed by atoms with Gasteiger partial charge in [0.15, 0.2) is 5.65 Å². The van der Waals surface area contributed by atoms with Crippen molar-refractivity contribution in [3.63, 3.8) is 0 Å². The first-order valence-electron chi connectivity index (χ1n) is 9.10. The van der Waals surface area contributed by atoms with Gasteiger partial charge >= 0.3 is 6.18 Å². The SMILES string of the molecule is Cc1c(NCCC(=O)NC2CCCCC2)nn2c(C(F)(F)F)nnc2c1C. The molecule has 148 valence electrons. The normalized spacial score (nSPS) is 15.9. The van der Waals surface area contributed by atoms with Crippen LogP contribution >= 0.6 is 0 Å². The minimum Gasteiger partial charge on any atom is -0.368 e. The number of alkyl halides is 3. The number of carbonyl (C=O) groups is 1.